The Labute approximate surface area is 65.4 Å². The van der Waals surface area contributed by atoms with Crippen LogP contribution in [0.2, 0.25) is 0 Å². The Morgan fingerprint density at radius 3 is 2.91 bits per heavy atom. The summed E-state index contributed by atoms with van der Waals surface area (Å²) in [6.45, 7) is 1.81. The van der Waals surface area contributed by atoms with Crippen LogP contribution in [0.4, 0.5) is 0 Å². The predicted molar refractivity (Wildman–Crippen MR) is 38.6 cm³/mol. The average Bonchev–Trinajstić information content (AvgIpc) is 2.55. The maximum absolute atomic E-state index is 9.65. The average molecular weight is 155 g/mol. The molecule has 1 heterocycles. The number of nitrogens with zero attached hydrogens (tertiary/aromatic N) is 2. The third kappa shape index (κ3) is 1.41. The summed E-state index contributed by atoms with van der Waals surface area (Å²) in [4.78, 5) is 0. The smallest absolute Gasteiger partial charge is 0.267 e. The third-order valence-corrected chi connectivity index (χ3v) is 1.60. The third-order valence-electron chi connectivity index (χ3n) is 1.60. The maximum atomic E-state index is 9.65. The molecule has 1 rings (SSSR count). The highest BCUT2D eigenvalue weighted by atomic mass is 16.6. The van der Waals surface area contributed by atoms with Gasteiger partial charge in [-0.05, 0) is 6.07 Å². The summed E-state index contributed by atoms with van der Waals surface area (Å²) in [6.07, 6.45) is 4.62. The lowest BCUT2D eigenvalue weighted by Gasteiger charge is -2.24. The van der Waals surface area contributed by atoms with Crippen LogP contribution in [0.5, 0.6) is 0 Å². The summed E-state index contributed by atoms with van der Waals surface area (Å²) in [5.74, 6) is -1.32. The van der Waals surface area contributed by atoms with Crippen molar-refractivity contribution in [1.29, 1.82) is 0 Å². The minimum absolute atomic E-state index is 0.443. The Balaban J connectivity index is 2.87. The van der Waals surface area contributed by atoms with Gasteiger partial charge in [0.05, 0.1) is 0 Å². The van der Waals surface area contributed by atoms with Crippen LogP contribution in [0.15, 0.2) is 12.3 Å². The summed E-state index contributed by atoms with van der Waals surface area (Å²) < 4.78 is 6.19. The molecule has 0 aliphatic rings. The van der Waals surface area contributed by atoms with E-state index < -0.39 is 5.91 Å². The molecule has 0 bridgehead atoms. The molecule has 0 saturated heterocycles. The van der Waals surface area contributed by atoms with Gasteiger partial charge in [0.2, 0.25) is 0 Å². The van der Waals surface area contributed by atoms with Crippen LogP contribution in [-0.2, 0) is 10.6 Å². The van der Waals surface area contributed by atoms with E-state index in [-0.39, 0.29) is 0 Å². The minimum Gasteiger partial charge on any atom is -0.347 e. The quantitative estimate of drug-likeness (QED) is 0.640. The summed E-state index contributed by atoms with van der Waals surface area (Å²) in [5.41, 5.74) is 0. The Morgan fingerprint density at radius 2 is 2.55 bits per heavy atom. The normalized spacial score (nSPS) is 16.3. The standard InChI is InChI=1S/C7H11N2O2/c1-3-7(10,11-2)9-6-4-5-8-9/h4,6,10H,3H2,1-2H3. The Hall–Kier alpha value is -0.870. The highest BCUT2D eigenvalue weighted by molar-refractivity contribution is 4.79. The molecule has 0 amide bonds. The fourth-order valence-corrected chi connectivity index (χ4v) is 0.827. The predicted octanol–water partition coefficient (Wildman–Crippen LogP) is 0.342. The van der Waals surface area contributed by atoms with Gasteiger partial charge in [-0.15, -0.1) is 0 Å². The molecule has 1 unspecified atom stereocenters. The van der Waals surface area contributed by atoms with E-state index in [9.17, 15) is 5.11 Å². The number of aromatic nitrogens is 2. The van der Waals surface area contributed by atoms with Crippen LogP contribution in [0.25, 0.3) is 0 Å². The Kier molecular flexibility index (Phi) is 2.26. The minimum atomic E-state index is -1.32. The van der Waals surface area contributed by atoms with Gasteiger partial charge >= 0.3 is 0 Å². The van der Waals surface area contributed by atoms with Gasteiger partial charge < -0.3 is 9.84 Å². The first-order chi connectivity index (χ1) is 5.23. The molecule has 0 aliphatic heterocycles. The van der Waals surface area contributed by atoms with Gasteiger partial charge in [-0.2, -0.15) is 5.10 Å². The fraction of sp³-hybridized carbons (Fsp3) is 0.571. The SMILES string of the molecule is CCC(O)(OC)n1cc[c]n1. The van der Waals surface area contributed by atoms with Crippen molar-refractivity contribution < 1.29 is 9.84 Å². The molecule has 0 spiro atoms. The molecule has 61 valence electrons. The van der Waals surface area contributed by atoms with E-state index in [1.807, 2.05) is 6.92 Å². The van der Waals surface area contributed by atoms with E-state index in [4.69, 9.17) is 4.74 Å². The zero-order chi connectivity index (χ0) is 8.32. The van der Waals surface area contributed by atoms with Gasteiger partial charge in [-0.25, -0.2) is 4.68 Å². The van der Waals surface area contributed by atoms with Crippen molar-refractivity contribution in [3.05, 3.63) is 18.5 Å². The van der Waals surface area contributed by atoms with Gasteiger partial charge in [-0.3, -0.25) is 0 Å². The molecule has 1 atom stereocenters. The summed E-state index contributed by atoms with van der Waals surface area (Å²) in [5, 5.41) is 13.4. The topological polar surface area (TPSA) is 47.3 Å². The van der Waals surface area contributed by atoms with Crippen molar-refractivity contribution in [2.24, 2.45) is 0 Å². The molecular weight excluding hydrogens is 144 g/mol. The highest BCUT2D eigenvalue weighted by Crippen LogP contribution is 2.15. The van der Waals surface area contributed by atoms with Crippen molar-refractivity contribution in [2.75, 3.05) is 7.11 Å². The van der Waals surface area contributed by atoms with E-state index in [2.05, 4.69) is 11.3 Å². The van der Waals surface area contributed by atoms with Gasteiger partial charge in [0.25, 0.3) is 5.91 Å². The summed E-state index contributed by atoms with van der Waals surface area (Å²) in [7, 11) is 1.44. The monoisotopic (exact) mass is 155 g/mol. The summed E-state index contributed by atoms with van der Waals surface area (Å²) >= 11 is 0. The fourth-order valence-electron chi connectivity index (χ4n) is 0.827. The van der Waals surface area contributed by atoms with Crippen molar-refractivity contribution in [3.63, 3.8) is 0 Å². The molecule has 0 saturated carbocycles. The van der Waals surface area contributed by atoms with Gasteiger partial charge in [0, 0.05) is 19.7 Å². The van der Waals surface area contributed by atoms with Crippen molar-refractivity contribution >= 4 is 0 Å². The van der Waals surface area contributed by atoms with E-state index in [1.54, 1.807) is 12.3 Å². The van der Waals surface area contributed by atoms with Crippen LogP contribution in [0, 0.1) is 6.20 Å². The van der Waals surface area contributed by atoms with Crippen LogP contribution in [-0.4, -0.2) is 22.0 Å². The number of aliphatic hydroxyl groups is 1. The lowest BCUT2D eigenvalue weighted by molar-refractivity contribution is -0.257. The van der Waals surface area contributed by atoms with Crippen LogP contribution >= 0.6 is 0 Å². The van der Waals surface area contributed by atoms with Crippen molar-refractivity contribution in [1.82, 2.24) is 9.78 Å². The largest absolute Gasteiger partial charge is 0.347 e. The summed E-state index contributed by atoms with van der Waals surface area (Å²) in [6, 6.07) is 1.61. The lowest BCUT2D eigenvalue weighted by Crippen LogP contribution is -2.35. The molecule has 11 heavy (non-hydrogen) atoms. The molecule has 4 heteroatoms. The first-order valence-electron chi connectivity index (χ1n) is 3.42. The van der Waals surface area contributed by atoms with Crippen LogP contribution in [0.3, 0.4) is 0 Å². The van der Waals surface area contributed by atoms with E-state index >= 15 is 0 Å². The van der Waals surface area contributed by atoms with Crippen LogP contribution in [0.1, 0.15) is 13.3 Å². The first kappa shape index (κ1) is 8.23. The molecule has 0 fully saturated rings. The zero-order valence-electron chi connectivity index (χ0n) is 6.61. The van der Waals surface area contributed by atoms with Gasteiger partial charge in [-0.1, -0.05) is 6.92 Å². The molecule has 1 aromatic rings. The van der Waals surface area contributed by atoms with Crippen molar-refractivity contribution in [2.45, 2.75) is 19.3 Å². The molecule has 0 aromatic carbocycles. The molecule has 4 nitrogen and oxygen atoms in total. The first-order valence-corrected chi connectivity index (χ1v) is 3.42. The van der Waals surface area contributed by atoms with E-state index in [0.717, 1.165) is 0 Å². The Bertz CT molecular complexity index is 204. The van der Waals surface area contributed by atoms with Gasteiger partial charge in [0.1, 0.15) is 6.20 Å². The molecule has 0 aliphatic carbocycles. The number of ether oxygens (including phenoxy) is 1. The number of methoxy groups -OCH3 is 1. The van der Waals surface area contributed by atoms with Crippen molar-refractivity contribution in [3.8, 4) is 0 Å². The second kappa shape index (κ2) is 3.02. The molecule has 1 N–H and O–H groups in total. The molecular formula is C7H11N2O2. The Morgan fingerprint density at radius 1 is 1.82 bits per heavy atom. The molecule has 1 aromatic heterocycles. The second-order valence-electron chi connectivity index (χ2n) is 2.19. The second-order valence-corrected chi connectivity index (χ2v) is 2.19. The highest BCUT2D eigenvalue weighted by Gasteiger charge is 2.26. The van der Waals surface area contributed by atoms with E-state index in [0.29, 0.717) is 6.42 Å². The zero-order valence-corrected chi connectivity index (χ0v) is 6.61. The lowest BCUT2D eigenvalue weighted by atomic mass is 10.4. The van der Waals surface area contributed by atoms with Gasteiger partial charge in [0.15, 0.2) is 0 Å². The number of hydrogen-bond donors (Lipinski definition) is 1. The molecule has 1 radical (unpaired) electrons. The maximum Gasteiger partial charge on any atom is 0.267 e. The van der Waals surface area contributed by atoms with Crippen LogP contribution < -0.4 is 0 Å². The number of hydrogen-bond acceptors (Lipinski definition) is 3. The number of rotatable bonds is 3. The van der Waals surface area contributed by atoms with E-state index in [1.165, 1.54) is 11.8 Å².